The fraction of sp³-hybridized carbons (Fsp3) is 0.700. The highest BCUT2D eigenvalue weighted by molar-refractivity contribution is 5.90. The Bertz CT molecular complexity index is 357. The summed E-state index contributed by atoms with van der Waals surface area (Å²) >= 11 is 0. The molecule has 0 bridgehead atoms. The van der Waals surface area contributed by atoms with E-state index in [1.807, 2.05) is 6.92 Å². The van der Waals surface area contributed by atoms with Gasteiger partial charge in [0.25, 0.3) is 11.7 Å². The Balaban J connectivity index is 1.93. The summed E-state index contributed by atoms with van der Waals surface area (Å²) in [5.41, 5.74) is 0. The smallest absolute Gasteiger partial charge is 0.292 e. The van der Waals surface area contributed by atoms with Gasteiger partial charge >= 0.3 is 0 Å². The van der Waals surface area contributed by atoms with Crippen molar-refractivity contribution in [3.05, 3.63) is 11.7 Å². The molecule has 2 rings (SSSR count). The van der Waals surface area contributed by atoms with Crippen molar-refractivity contribution in [3.8, 4) is 0 Å². The van der Waals surface area contributed by atoms with Crippen molar-refractivity contribution in [1.82, 2.24) is 20.8 Å². The number of hydrogen-bond donors (Lipinski definition) is 2. The lowest BCUT2D eigenvalue weighted by Crippen LogP contribution is -2.23. The van der Waals surface area contributed by atoms with E-state index >= 15 is 0 Å². The minimum absolute atomic E-state index is 0.128. The van der Waals surface area contributed by atoms with E-state index in [0.29, 0.717) is 18.4 Å². The van der Waals surface area contributed by atoms with Gasteiger partial charge in [-0.1, -0.05) is 5.16 Å². The first-order valence-corrected chi connectivity index (χ1v) is 5.61. The van der Waals surface area contributed by atoms with E-state index in [0.717, 1.165) is 25.9 Å². The van der Waals surface area contributed by atoms with Crippen molar-refractivity contribution < 1.29 is 9.32 Å². The van der Waals surface area contributed by atoms with Crippen LogP contribution in [0, 0.1) is 5.92 Å². The van der Waals surface area contributed by atoms with Crippen molar-refractivity contribution in [2.45, 2.75) is 19.8 Å². The fourth-order valence-corrected chi connectivity index (χ4v) is 1.81. The minimum atomic E-state index is -0.276. The third-order valence-corrected chi connectivity index (χ3v) is 2.63. The second-order valence-corrected chi connectivity index (χ2v) is 3.93. The van der Waals surface area contributed by atoms with Gasteiger partial charge in [-0.05, 0) is 32.4 Å². The van der Waals surface area contributed by atoms with Crippen molar-refractivity contribution in [2.24, 2.45) is 5.92 Å². The van der Waals surface area contributed by atoms with Crippen LogP contribution in [-0.4, -0.2) is 35.7 Å². The number of hydrogen-bond acceptors (Lipinski definition) is 5. The van der Waals surface area contributed by atoms with Crippen LogP contribution in [0.5, 0.6) is 0 Å². The Kier molecular flexibility index (Phi) is 3.51. The standard InChI is InChI=1S/C10H16N4O2/c1-2-12-10(15)9-13-8(16-14-9)5-7-3-4-11-6-7/h7,11H,2-6H2,1H3,(H,12,15). The number of aromatic nitrogens is 2. The molecule has 1 aliphatic rings. The van der Waals surface area contributed by atoms with Gasteiger partial charge in [0.1, 0.15) is 0 Å². The van der Waals surface area contributed by atoms with Gasteiger partial charge < -0.3 is 15.2 Å². The number of amides is 1. The van der Waals surface area contributed by atoms with E-state index in [2.05, 4.69) is 20.8 Å². The summed E-state index contributed by atoms with van der Waals surface area (Å²) in [6, 6.07) is 0. The molecule has 1 fully saturated rings. The van der Waals surface area contributed by atoms with Crippen LogP contribution in [0.2, 0.25) is 0 Å². The molecule has 0 radical (unpaired) electrons. The molecular formula is C10H16N4O2. The molecule has 6 heteroatoms. The zero-order valence-corrected chi connectivity index (χ0v) is 9.32. The summed E-state index contributed by atoms with van der Waals surface area (Å²) in [4.78, 5) is 15.5. The van der Waals surface area contributed by atoms with Crippen molar-refractivity contribution in [1.29, 1.82) is 0 Å². The summed E-state index contributed by atoms with van der Waals surface area (Å²) < 4.78 is 5.04. The molecule has 88 valence electrons. The number of nitrogens with zero attached hydrogens (tertiary/aromatic N) is 2. The molecule has 16 heavy (non-hydrogen) atoms. The van der Waals surface area contributed by atoms with Crippen molar-refractivity contribution in [3.63, 3.8) is 0 Å². The molecule has 2 heterocycles. The molecule has 0 aromatic carbocycles. The van der Waals surface area contributed by atoms with Crippen LogP contribution in [0.3, 0.4) is 0 Å². The number of carbonyl (C=O) groups excluding carboxylic acids is 1. The molecule has 6 nitrogen and oxygen atoms in total. The van der Waals surface area contributed by atoms with E-state index in [1.165, 1.54) is 0 Å². The predicted molar refractivity (Wildman–Crippen MR) is 57.0 cm³/mol. The fourth-order valence-electron chi connectivity index (χ4n) is 1.81. The second-order valence-electron chi connectivity index (χ2n) is 3.93. The van der Waals surface area contributed by atoms with Crippen LogP contribution in [0.4, 0.5) is 0 Å². The lowest BCUT2D eigenvalue weighted by atomic mass is 10.1. The Morgan fingerprint density at radius 1 is 1.69 bits per heavy atom. The zero-order chi connectivity index (χ0) is 11.4. The van der Waals surface area contributed by atoms with Crippen LogP contribution in [-0.2, 0) is 6.42 Å². The average Bonchev–Trinajstić information content (AvgIpc) is 2.90. The van der Waals surface area contributed by atoms with E-state index < -0.39 is 0 Å². The molecule has 0 saturated carbocycles. The van der Waals surface area contributed by atoms with Crippen LogP contribution in [0.15, 0.2) is 4.52 Å². The summed E-state index contributed by atoms with van der Waals surface area (Å²) in [5, 5.41) is 9.56. The molecule has 1 atom stereocenters. The maximum absolute atomic E-state index is 11.4. The Morgan fingerprint density at radius 3 is 3.25 bits per heavy atom. The molecule has 2 N–H and O–H groups in total. The van der Waals surface area contributed by atoms with Crippen molar-refractivity contribution >= 4 is 5.91 Å². The van der Waals surface area contributed by atoms with E-state index in [4.69, 9.17) is 4.52 Å². The lowest BCUT2D eigenvalue weighted by Gasteiger charge is -2.01. The number of rotatable bonds is 4. The summed E-state index contributed by atoms with van der Waals surface area (Å²) in [7, 11) is 0. The molecule has 0 spiro atoms. The number of carbonyl (C=O) groups is 1. The monoisotopic (exact) mass is 224 g/mol. The second kappa shape index (κ2) is 5.07. The molecule has 1 aromatic rings. The molecule has 1 aliphatic heterocycles. The predicted octanol–water partition coefficient (Wildman–Crippen LogP) is -0.0287. The normalized spacial score (nSPS) is 19.9. The Morgan fingerprint density at radius 2 is 2.56 bits per heavy atom. The average molecular weight is 224 g/mol. The molecule has 1 unspecified atom stereocenters. The summed E-state index contributed by atoms with van der Waals surface area (Å²) in [6.45, 7) is 4.44. The maximum Gasteiger partial charge on any atom is 0.292 e. The van der Waals surface area contributed by atoms with Gasteiger partial charge in [-0.2, -0.15) is 4.98 Å². The third kappa shape index (κ3) is 2.57. The first-order chi connectivity index (χ1) is 7.79. The summed E-state index contributed by atoms with van der Waals surface area (Å²) in [6.07, 6.45) is 1.87. The highest BCUT2D eigenvalue weighted by atomic mass is 16.5. The maximum atomic E-state index is 11.4. The van der Waals surface area contributed by atoms with Crippen LogP contribution in [0.1, 0.15) is 29.9 Å². The molecule has 1 amide bonds. The van der Waals surface area contributed by atoms with Gasteiger partial charge in [0.2, 0.25) is 5.89 Å². The SMILES string of the molecule is CCNC(=O)c1noc(CC2CCNC2)n1. The molecule has 1 aromatic heterocycles. The van der Waals surface area contributed by atoms with Gasteiger partial charge in [-0.3, -0.25) is 4.79 Å². The van der Waals surface area contributed by atoms with Gasteiger partial charge in [0, 0.05) is 13.0 Å². The molecule has 0 aliphatic carbocycles. The van der Waals surface area contributed by atoms with Gasteiger partial charge in [-0.15, -0.1) is 0 Å². The van der Waals surface area contributed by atoms with Gasteiger partial charge in [-0.25, -0.2) is 0 Å². The Labute approximate surface area is 93.8 Å². The Hall–Kier alpha value is -1.43. The zero-order valence-electron chi connectivity index (χ0n) is 9.32. The van der Waals surface area contributed by atoms with Crippen LogP contribution in [0.25, 0.3) is 0 Å². The highest BCUT2D eigenvalue weighted by Crippen LogP contribution is 2.13. The van der Waals surface area contributed by atoms with Crippen LogP contribution >= 0.6 is 0 Å². The first kappa shape index (κ1) is 11.1. The third-order valence-electron chi connectivity index (χ3n) is 2.63. The quantitative estimate of drug-likeness (QED) is 0.750. The van der Waals surface area contributed by atoms with E-state index in [9.17, 15) is 4.79 Å². The van der Waals surface area contributed by atoms with E-state index in [1.54, 1.807) is 0 Å². The first-order valence-electron chi connectivity index (χ1n) is 5.61. The molecular weight excluding hydrogens is 208 g/mol. The van der Waals surface area contributed by atoms with Crippen molar-refractivity contribution in [2.75, 3.05) is 19.6 Å². The minimum Gasteiger partial charge on any atom is -0.349 e. The lowest BCUT2D eigenvalue weighted by molar-refractivity contribution is 0.0942. The number of nitrogens with one attached hydrogen (secondary N) is 2. The van der Waals surface area contributed by atoms with E-state index in [-0.39, 0.29) is 11.7 Å². The van der Waals surface area contributed by atoms with Gasteiger partial charge in [0.15, 0.2) is 0 Å². The largest absolute Gasteiger partial charge is 0.349 e. The van der Waals surface area contributed by atoms with Gasteiger partial charge in [0.05, 0.1) is 0 Å². The summed E-state index contributed by atoms with van der Waals surface area (Å²) in [5.74, 6) is 0.947. The molecule has 1 saturated heterocycles. The highest BCUT2D eigenvalue weighted by Gasteiger charge is 2.20. The van der Waals surface area contributed by atoms with Crippen LogP contribution < -0.4 is 10.6 Å². The topological polar surface area (TPSA) is 80.0 Å².